The Bertz CT molecular complexity index is 1310. The molecule has 3 aromatic rings. The fraction of sp³-hybridized carbons (Fsp3) is 0.238. The summed E-state index contributed by atoms with van der Waals surface area (Å²) in [6.45, 7) is 2.72. The molecular weight excluding hydrogens is 498 g/mol. The quantitative estimate of drug-likeness (QED) is 0.496. The highest BCUT2D eigenvalue weighted by atomic mass is 35.5. The Morgan fingerprint density at radius 2 is 1.71 bits per heavy atom. The van der Waals surface area contributed by atoms with Gasteiger partial charge in [-0.05, 0) is 30.3 Å². The first-order chi connectivity index (χ1) is 16.1. The molecule has 0 aliphatic carbocycles. The normalized spacial score (nSPS) is 14.8. The zero-order chi connectivity index (χ0) is 24.5. The van der Waals surface area contributed by atoms with Crippen LogP contribution in [0.25, 0.3) is 11.3 Å². The molecule has 0 saturated carbocycles. The molecule has 2 N–H and O–H groups in total. The minimum Gasteiger partial charge on any atom is -0.354 e. The lowest BCUT2D eigenvalue weighted by molar-refractivity contribution is -0.137. The minimum absolute atomic E-state index is 0.324. The Labute approximate surface area is 197 Å². The van der Waals surface area contributed by atoms with E-state index in [0.717, 1.165) is 25.2 Å². The number of benzene rings is 1. The number of hydrogen-bond donors (Lipinski definition) is 2. The van der Waals surface area contributed by atoms with Crippen LogP contribution in [0.2, 0.25) is 5.02 Å². The van der Waals surface area contributed by atoms with Gasteiger partial charge in [-0.2, -0.15) is 21.6 Å². The third-order valence-electron chi connectivity index (χ3n) is 5.07. The van der Waals surface area contributed by atoms with Crippen LogP contribution in [0.4, 0.5) is 29.2 Å². The Hall–Kier alpha value is -2.96. The minimum atomic E-state index is -4.84. The summed E-state index contributed by atoms with van der Waals surface area (Å²) in [4.78, 5) is 9.94. The van der Waals surface area contributed by atoms with Crippen molar-refractivity contribution < 1.29 is 26.0 Å². The van der Waals surface area contributed by atoms with Crippen LogP contribution in [0.3, 0.4) is 0 Å². The average Bonchev–Trinajstić information content (AvgIpc) is 2.80. The van der Waals surface area contributed by atoms with Crippen molar-refractivity contribution in [2.24, 2.45) is 0 Å². The summed E-state index contributed by atoms with van der Waals surface area (Å²) in [5, 5.41) is 2.29. The molecule has 7 nitrogen and oxygen atoms in total. The summed E-state index contributed by atoms with van der Waals surface area (Å²) in [5.41, 5.74) is -2.23. The molecule has 4 rings (SSSR count). The third kappa shape index (κ3) is 5.08. The van der Waals surface area contributed by atoms with E-state index < -0.39 is 44.1 Å². The van der Waals surface area contributed by atoms with Crippen LogP contribution >= 0.6 is 11.6 Å². The van der Waals surface area contributed by atoms with Crippen LogP contribution in [0, 0.1) is 5.82 Å². The zero-order valence-electron chi connectivity index (χ0n) is 17.4. The van der Waals surface area contributed by atoms with Crippen molar-refractivity contribution in [2.45, 2.75) is 11.2 Å². The van der Waals surface area contributed by atoms with Gasteiger partial charge >= 0.3 is 6.18 Å². The summed E-state index contributed by atoms with van der Waals surface area (Å²) >= 11 is 5.88. The van der Waals surface area contributed by atoms with Crippen LogP contribution < -0.4 is 14.9 Å². The summed E-state index contributed by atoms with van der Waals surface area (Å²) in [7, 11) is -4.29. The molecule has 0 radical (unpaired) electrons. The second-order valence-corrected chi connectivity index (χ2v) is 9.38. The molecule has 34 heavy (non-hydrogen) atoms. The standard InChI is InChI=1S/C21H18ClF4N5O2S/c22-19-13(3-1-4-15(19)23)20-14(21(24,25)26)7-8-16(28-20)30-34(32,33)18-6-2-5-17(29-18)31-11-9-27-10-12-31/h1-8,27H,9-12H2,(H,28,30). The molecule has 180 valence electrons. The SMILES string of the molecule is O=S(=O)(Nc1ccc(C(F)(F)F)c(-c2cccc(F)c2Cl)n1)c1cccc(N2CCNCC2)n1. The highest BCUT2D eigenvalue weighted by molar-refractivity contribution is 7.92. The Morgan fingerprint density at radius 3 is 2.41 bits per heavy atom. The van der Waals surface area contributed by atoms with Gasteiger partial charge in [0.1, 0.15) is 17.5 Å². The van der Waals surface area contributed by atoms with Gasteiger partial charge in [-0.1, -0.05) is 29.8 Å². The predicted molar refractivity (Wildman–Crippen MR) is 120 cm³/mol. The summed E-state index contributed by atoms with van der Waals surface area (Å²) in [6, 6.07) is 9.33. The average molecular weight is 516 g/mol. The van der Waals surface area contributed by atoms with Gasteiger partial charge in [-0.25, -0.2) is 14.4 Å². The lowest BCUT2D eigenvalue weighted by atomic mass is 10.0. The van der Waals surface area contributed by atoms with Crippen molar-refractivity contribution in [3.05, 3.63) is 64.9 Å². The first kappa shape index (κ1) is 24.2. The number of nitrogens with one attached hydrogen (secondary N) is 2. The van der Waals surface area contributed by atoms with Crippen molar-refractivity contribution in [2.75, 3.05) is 35.8 Å². The van der Waals surface area contributed by atoms with E-state index in [2.05, 4.69) is 20.0 Å². The summed E-state index contributed by atoms with van der Waals surface area (Å²) < 4.78 is 82.7. The Kier molecular flexibility index (Phi) is 6.65. The molecule has 1 aliphatic rings. The van der Waals surface area contributed by atoms with Crippen molar-refractivity contribution in [1.29, 1.82) is 0 Å². The van der Waals surface area contributed by atoms with Crippen molar-refractivity contribution in [3.63, 3.8) is 0 Å². The summed E-state index contributed by atoms with van der Waals surface area (Å²) in [5.74, 6) is -0.885. The van der Waals surface area contributed by atoms with E-state index in [1.54, 1.807) is 6.07 Å². The van der Waals surface area contributed by atoms with Crippen LogP contribution in [0.1, 0.15) is 5.56 Å². The first-order valence-electron chi connectivity index (χ1n) is 10.0. The van der Waals surface area contributed by atoms with E-state index in [1.807, 2.05) is 4.90 Å². The number of alkyl halides is 3. The number of pyridine rings is 2. The lowest BCUT2D eigenvalue weighted by Gasteiger charge is -2.28. The van der Waals surface area contributed by atoms with Gasteiger partial charge in [0.25, 0.3) is 10.0 Å². The van der Waals surface area contributed by atoms with E-state index in [4.69, 9.17) is 11.6 Å². The molecule has 1 aromatic carbocycles. The van der Waals surface area contributed by atoms with Gasteiger partial charge in [0.2, 0.25) is 0 Å². The Morgan fingerprint density at radius 1 is 1.00 bits per heavy atom. The first-order valence-corrected chi connectivity index (χ1v) is 11.9. The smallest absolute Gasteiger partial charge is 0.354 e. The Balaban J connectivity index is 1.71. The van der Waals surface area contributed by atoms with E-state index in [1.165, 1.54) is 24.3 Å². The van der Waals surface area contributed by atoms with Gasteiger partial charge in [0.15, 0.2) is 5.03 Å². The van der Waals surface area contributed by atoms with Crippen molar-refractivity contribution in [3.8, 4) is 11.3 Å². The van der Waals surface area contributed by atoms with E-state index in [-0.39, 0.29) is 10.6 Å². The number of anilines is 2. The van der Waals surface area contributed by atoms with Gasteiger partial charge < -0.3 is 10.2 Å². The van der Waals surface area contributed by atoms with Crippen LogP contribution in [0.15, 0.2) is 53.6 Å². The van der Waals surface area contributed by atoms with Gasteiger partial charge in [0, 0.05) is 31.7 Å². The maximum Gasteiger partial charge on any atom is 0.418 e. The second kappa shape index (κ2) is 9.35. The highest BCUT2D eigenvalue weighted by Gasteiger charge is 2.35. The topological polar surface area (TPSA) is 87.2 Å². The molecule has 0 unspecified atom stereocenters. The molecule has 2 aromatic heterocycles. The maximum absolute atomic E-state index is 13.9. The molecule has 1 aliphatic heterocycles. The predicted octanol–water partition coefficient (Wildman–Crippen LogP) is 4.17. The number of nitrogens with zero attached hydrogens (tertiary/aromatic N) is 3. The lowest BCUT2D eigenvalue weighted by Crippen LogP contribution is -2.44. The maximum atomic E-state index is 13.9. The van der Waals surface area contributed by atoms with Crippen molar-refractivity contribution >= 4 is 33.3 Å². The van der Waals surface area contributed by atoms with E-state index >= 15 is 0 Å². The fourth-order valence-corrected chi connectivity index (χ4v) is 4.63. The molecule has 3 heterocycles. The molecule has 1 fully saturated rings. The molecule has 13 heteroatoms. The molecule has 0 amide bonds. The number of halogens is 5. The number of rotatable bonds is 5. The molecule has 1 saturated heterocycles. The van der Waals surface area contributed by atoms with Gasteiger partial charge in [-0.3, -0.25) is 4.72 Å². The largest absolute Gasteiger partial charge is 0.418 e. The van der Waals surface area contributed by atoms with Gasteiger partial charge in [-0.15, -0.1) is 0 Å². The molecular formula is C21H18ClF4N5O2S. The second-order valence-electron chi connectivity index (χ2n) is 7.37. The number of aromatic nitrogens is 2. The van der Waals surface area contributed by atoms with E-state index in [9.17, 15) is 26.0 Å². The number of sulfonamides is 1. The van der Waals surface area contributed by atoms with Gasteiger partial charge in [0.05, 0.1) is 16.3 Å². The summed E-state index contributed by atoms with van der Waals surface area (Å²) in [6.07, 6.45) is -4.84. The monoisotopic (exact) mass is 515 g/mol. The van der Waals surface area contributed by atoms with Crippen LogP contribution in [0.5, 0.6) is 0 Å². The highest BCUT2D eigenvalue weighted by Crippen LogP contribution is 2.39. The van der Waals surface area contributed by atoms with Crippen LogP contribution in [-0.2, 0) is 16.2 Å². The number of piperazine rings is 1. The third-order valence-corrected chi connectivity index (χ3v) is 6.71. The van der Waals surface area contributed by atoms with E-state index in [0.29, 0.717) is 25.0 Å². The molecule has 0 spiro atoms. The zero-order valence-corrected chi connectivity index (χ0v) is 19.0. The molecule has 0 atom stereocenters. The molecule has 0 bridgehead atoms. The van der Waals surface area contributed by atoms with Crippen LogP contribution in [-0.4, -0.2) is 44.6 Å². The van der Waals surface area contributed by atoms with Crippen molar-refractivity contribution in [1.82, 2.24) is 15.3 Å². The number of hydrogen-bond acceptors (Lipinski definition) is 6. The fourth-order valence-electron chi connectivity index (χ4n) is 3.45.